The van der Waals surface area contributed by atoms with Gasteiger partial charge in [-0.05, 0) is 54.2 Å². The van der Waals surface area contributed by atoms with Gasteiger partial charge < -0.3 is 16.4 Å². The second-order valence-corrected chi connectivity index (χ2v) is 14.6. The first-order valence-electron chi connectivity index (χ1n) is 15.7. The fraction of sp³-hybridized carbons (Fsp3) is 0.545. The lowest BCUT2D eigenvalue weighted by Crippen LogP contribution is -2.64. The number of nitrogens with one attached hydrogen (secondary N) is 4. The average Bonchev–Trinajstić information content (AvgIpc) is 3.39. The van der Waals surface area contributed by atoms with E-state index in [1.54, 1.807) is 12.1 Å². The minimum atomic E-state index is -3.69. The zero-order chi connectivity index (χ0) is 30.5. The maximum Gasteiger partial charge on any atom is 0.246 e. The Bertz CT molecular complexity index is 1390. The van der Waals surface area contributed by atoms with E-state index in [-0.39, 0.29) is 48.3 Å². The fourth-order valence-corrected chi connectivity index (χ4v) is 8.86. The molecule has 2 aromatic carbocycles. The highest BCUT2D eigenvalue weighted by Crippen LogP contribution is 2.33. The maximum atomic E-state index is 14.2. The number of sulfonamides is 1. The van der Waals surface area contributed by atoms with Gasteiger partial charge in [0.2, 0.25) is 21.8 Å². The Morgan fingerprint density at radius 3 is 2.02 bits per heavy atom. The van der Waals surface area contributed by atoms with Crippen molar-refractivity contribution in [3.05, 3.63) is 70.8 Å². The van der Waals surface area contributed by atoms with Gasteiger partial charge in [-0.25, -0.2) is 13.1 Å². The molecular weight excluding hydrogens is 598 g/mol. The number of carbonyl (C=O) groups is 2. The van der Waals surface area contributed by atoms with E-state index < -0.39 is 27.5 Å². The minimum Gasteiger partial charge on any atom is -0.384 e. The van der Waals surface area contributed by atoms with Crippen LogP contribution >= 0.6 is 12.4 Å². The van der Waals surface area contributed by atoms with Crippen molar-refractivity contribution in [3.8, 4) is 0 Å². The predicted octanol–water partition coefficient (Wildman–Crippen LogP) is 4.11. The zero-order valence-electron chi connectivity index (χ0n) is 25.3. The van der Waals surface area contributed by atoms with Crippen molar-refractivity contribution in [2.75, 3.05) is 5.75 Å². The first-order valence-corrected chi connectivity index (χ1v) is 17.4. The van der Waals surface area contributed by atoms with E-state index in [1.807, 2.05) is 36.4 Å². The van der Waals surface area contributed by atoms with E-state index in [0.29, 0.717) is 18.4 Å². The minimum absolute atomic E-state index is 0. The van der Waals surface area contributed by atoms with E-state index in [2.05, 4.69) is 15.4 Å². The Labute approximate surface area is 267 Å². The van der Waals surface area contributed by atoms with Crippen LogP contribution in [0.2, 0.25) is 0 Å². The lowest BCUT2D eigenvalue weighted by atomic mass is 9.83. The summed E-state index contributed by atoms with van der Waals surface area (Å²) >= 11 is 0. The molecule has 6 N–H and O–H groups in total. The van der Waals surface area contributed by atoms with E-state index in [4.69, 9.17) is 11.1 Å². The Balaban J connectivity index is 0.00000442. The van der Waals surface area contributed by atoms with Crippen LogP contribution < -0.4 is 21.1 Å². The molecular formula is C33H46ClN5O4S. The molecule has 0 radical (unpaired) electrons. The summed E-state index contributed by atoms with van der Waals surface area (Å²) in [7, 11) is -3.69. The second kappa shape index (κ2) is 14.9. The highest BCUT2D eigenvalue weighted by atomic mass is 35.5. The molecule has 0 heterocycles. The van der Waals surface area contributed by atoms with Crippen molar-refractivity contribution in [2.24, 2.45) is 17.6 Å². The van der Waals surface area contributed by atoms with Gasteiger partial charge in [-0.3, -0.25) is 15.0 Å². The molecule has 240 valence electrons. The summed E-state index contributed by atoms with van der Waals surface area (Å²) in [6.07, 6.45) is 10.3. The molecule has 1 atom stereocenters. The van der Waals surface area contributed by atoms with E-state index >= 15 is 0 Å². The molecule has 0 aromatic heterocycles. The molecule has 2 fully saturated rings. The number of rotatable bonds is 11. The first-order chi connectivity index (χ1) is 20.6. The molecule has 9 nitrogen and oxygen atoms in total. The van der Waals surface area contributed by atoms with Crippen LogP contribution in [0.15, 0.2) is 48.5 Å². The summed E-state index contributed by atoms with van der Waals surface area (Å²) in [6, 6.07) is 14.0. The third-order valence-electron chi connectivity index (χ3n) is 9.51. The van der Waals surface area contributed by atoms with Crippen LogP contribution in [0, 0.1) is 17.2 Å². The molecule has 2 amide bonds. The lowest BCUT2D eigenvalue weighted by Gasteiger charge is -2.35. The highest BCUT2D eigenvalue weighted by molar-refractivity contribution is 7.89. The molecule has 0 aliphatic heterocycles. The number of hydrogen-bond donors (Lipinski definition) is 5. The number of carbonyl (C=O) groups excluding carboxylic acids is 2. The van der Waals surface area contributed by atoms with Gasteiger partial charge in [0.1, 0.15) is 17.4 Å². The number of hydrogen-bond acceptors (Lipinski definition) is 5. The highest BCUT2D eigenvalue weighted by Gasteiger charge is 2.47. The van der Waals surface area contributed by atoms with Crippen LogP contribution in [0.5, 0.6) is 0 Å². The molecule has 3 aliphatic carbocycles. The van der Waals surface area contributed by atoms with Gasteiger partial charge >= 0.3 is 0 Å². The predicted molar refractivity (Wildman–Crippen MR) is 175 cm³/mol. The quantitative estimate of drug-likeness (QED) is 0.184. The lowest BCUT2D eigenvalue weighted by molar-refractivity contribution is -0.135. The van der Waals surface area contributed by atoms with Crippen LogP contribution in [-0.2, 0) is 39.0 Å². The Morgan fingerprint density at radius 1 is 0.886 bits per heavy atom. The summed E-state index contributed by atoms with van der Waals surface area (Å²) in [5.41, 5.74) is 7.77. The molecule has 2 aromatic rings. The number of nitrogens with two attached hydrogens (primary N) is 1. The topological polar surface area (TPSA) is 154 Å². The molecule has 11 heteroatoms. The monoisotopic (exact) mass is 643 g/mol. The standard InChI is InChI=1S/C33H45N5O4S.ClH/c34-30(35)26-17-15-23(16-18-26)21-36-32(40)33(19-27-13-7-8-14-28(27)20-33)37-31(39)29(25-11-5-2-6-12-25)38-43(41,42)22-24-9-3-1-4-10-24;/h7-8,13-18,24-25,29,38H,1-6,9-12,19-22H2,(H3,34,35)(H,36,40)(H,37,39);1H/t29-;/m1./s1. The number of fused-ring (bicyclic) bond motifs is 1. The van der Waals surface area contributed by atoms with E-state index in [0.717, 1.165) is 80.9 Å². The fourth-order valence-electron chi connectivity index (χ4n) is 7.13. The van der Waals surface area contributed by atoms with Crippen LogP contribution in [0.1, 0.15) is 86.5 Å². The number of nitrogen functional groups attached to an aromatic ring is 1. The van der Waals surface area contributed by atoms with Crippen LogP contribution in [0.4, 0.5) is 0 Å². The molecule has 0 saturated heterocycles. The Hall–Kier alpha value is -2.95. The molecule has 44 heavy (non-hydrogen) atoms. The zero-order valence-corrected chi connectivity index (χ0v) is 26.9. The Morgan fingerprint density at radius 2 is 1.45 bits per heavy atom. The smallest absolute Gasteiger partial charge is 0.246 e. The van der Waals surface area contributed by atoms with Crippen LogP contribution in [0.25, 0.3) is 0 Å². The van der Waals surface area contributed by atoms with E-state index in [1.165, 1.54) is 0 Å². The molecule has 0 bridgehead atoms. The Kier molecular flexibility index (Phi) is 11.5. The largest absolute Gasteiger partial charge is 0.384 e. The second-order valence-electron chi connectivity index (χ2n) is 12.8. The summed E-state index contributed by atoms with van der Waals surface area (Å²) in [5.74, 6) is -0.704. The van der Waals surface area contributed by atoms with Gasteiger partial charge in [-0.2, -0.15) is 0 Å². The summed E-state index contributed by atoms with van der Waals surface area (Å²) < 4.78 is 29.7. The molecule has 2 saturated carbocycles. The number of halogens is 1. The number of amides is 2. The SMILES string of the molecule is Cl.N=C(N)c1ccc(CNC(=O)C2(NC(=O)[C@H](NS(=O)(=O)CC3CCCCC3)C3CCCCC3)Cc3ccccc3C2)cc1. The van der Waals surface area contributed by atoms with Gasteiger partial charge in [0, 0.05) is 24.9 Å². The van der Waals surface area contributed by atoms with Crippen LogP contribution in [-0.4, -0.2) is 43.4 Å². The van der Waals surface area contributed by atoms with Gasteiger partial charge in [0.05, 0.1) is 5.75 Å². The van der Waals surface area contributed by atoms with Crippen molar-refractivity contribution in [2.45, 2.75) is 95.2 Å². The molecule has 0 spiro atoms. The summed E-state index contributed by atoms with van der Waals surface area (Å²) in [6.45, 7) is 0.241. The van der Waals surface area contributed by atoms with Gasteiger partial charge in [-0.15, -0.1) is 12.4 Å². The summed E-state index contributed by atoms with van der Waals surface area (Å²) in [4.78, 5) is 28.1. The summed E-state index contributed by atoms with van der Waals surface area (Å²) in [5, 5.41) is 13.7. The molecule has 5 rings (SSSR count). The van der Waals surface area contributed by atoms with Crippen molar-refractivity contribution in [1.29, 1.82) is 5.41 Å². The van der Waals surface area contributed by atoms with Gasteiger partial charge in [0.15, 0.2) is 0 Å². The van der Waals surface area contributed by atoms with Crippen LogP contribution in [0.3, 0.4) is 0 Å². The van der Waals surface area contributed by atoms with Crippen molar-refractivity contribution >= 4 is 40.1 Å². The first kappa shape index (κ1) is 33.9. The third-order valence-corrected chi connectivity index (χ3v) is 11.0. The van der Waals surface area contributed by atoms with Gasteiger partial charge in [-0.1, -0.05) is 87.1 Å². The maximum absolute atomic E-state index is 14.2. The molecule has 0 unspecified atom stereocenters. The third kappa shape index (κ3) is 8.40. The van der Waals surface area contributed by atoms with E-state index in [9.17, 15) is 18.0 Å². The van der Waals surface area contributed by atoms with Gasteiger partial charge in [0.25, 0.3) is 0 Å². The number of benzene rings is 2. The van der Waals surface area contributed by atoms with Crippen molar-refractivity contribution < 1.29 is 18.0 Å². The van der Waals surface area contributed by atoms with Crippen molar-refractivity contribution in [1.82, 2.24) is 15.4 Å². The molecule has 3 aliphatic rings. The normalized spacial score (nSPS) is 19.3. The average molecular weight is 644 g/mol. The number of amidine groups is 1. The van der Waals surface area contributed by atoms with Crippen molar-refractivity contribution in [3.63, 3.8) is 0 Å².